The number of methoxy groups -OCH3 is 1. The molecule has 0 saturated carbocycles. The molecule has 1 N–H and O–H groups in total. The molecule has 2 atom stereocenters. The van der Waals surface area contributed by atoms with Crippen molar-refractivity contribution in [1.82, 2.24) is 0 Å². The molecule has 0 aliphatic carbocycles. The molecule has 0 radical (unpaired) electrons. The molecule has 0 amide bonds. The third-order valence-corrected chi connectivity index (χ3v) is 4.84. The smallest absolute Gasteiger partial charge is 0.139 e. The van der Waals surface area contributed by atoms with Crippen LogP contribution in [0.25, 0.3) is 0 Å². The highest BCUT2D eigenvalue weighted by Gasteiger charge is 2.34. The zero-order valence-electron chi connectivity index (χ0n) is 12.0. The monoisotopic (exact) mass is 268 g/mol. The Morgan fingerprint density at radius 1 is 1.39 bits per heavy atom. The van der Waals surface area contributed by atoms with Crippen molar-refractivity contribution in [2.75, 3.05) is 13.7 Å². The lowest BCUT2D eigenvalue weighted by Crippen LogP contribution is -2.28. The minimum Gasteiger partial charge on any atom is -0.395 e. The first-order chi connectivity index (χ1) is 8.49. The maximum Gasteiger partial charge on any atom is 0.139 e. The van der Waals surface area contributed by atoms with Crippen LogP contribution < -0.4 is 0 Å². The highest BCUT2D eigenvalue weighted by Crippen LogP contribution is 2.44. The van der Waals surface area contributed by atoms with E-state index in [9.17, 15) is 5.11 Å². The first-order valence-electron chi connectivity index (χ1n) is 6.40. The fourth-order valence-electron chi connectivity index (χ4n) is 2.24. The summed E-state index contributed by atoms with van der Waals surface area (Å²) in [4.78, 5) is -0.361. The average Bonchev–Trinajstić information content (AvgIpc) is 2.36. The van der Waals surface area contributed by atoms with Gasteiger partial charge in [0, 0.05) is 12.4 Å². The number of hydrogen-bond donors (Lipinski definition) is 1. The van der Waals surface area contributed by atoms with Gasteiger partial charge in [0.2, 0.25) is 0 Å². The molecule has 0 aliphatic rings. The normalized spacial score (nSPS) is 16.3. The van der Waals surface area contributed by atoms with Crippen LogP contribution in [-0.2, 0) is 9.67 Å². The first kappa shape index (κ1) is 15.5. The molecule has 0 aliphatic heterocycles. The van der Waals surface area contributed by atoms with Gasteiger partial charge in [-0.25, -0.2) is 0 Å². The van der Waals surface area contributed by atoms with Crippen molar-refractivity contribution < 1.29 is 9.84 Å². The molecule has 0 spiro atoms. The summed E-state index contributed by atoms with van der Waals surface area (Å²) in [6, 6.07) is 6.45. The summed E-state index contributed by atoms with van der Waals surface area (Å²) in [5.74, 6) is 0. The summed E-state index contributed by atoms with van der Waals surface area (Å²) in [5, 5.41) is 9.43. The van der Waals surface area contributed by atoms with Crippen LogP contribution in [-0.4, -0.2) is 24.1 Å². The molecule has 1 rings (SSSR count). The zero-order valence-corrected chi connectivity index (χ0v) is 12.8. The summed E-state index contributed by atoms with van der Waals surface area (Å²) in [7, 11) is 1.75. The number of aryl methyl sites for hydroxylation is 2. The first-order valence-corrected chi connectivity index (χ1v) is 7.28. The van der Waals surface area contributed by atoms with Crippen LogP contribution in [0.1, 0.15) is 37.0 Å². The Kier molecular flexibility index (Phi) is 5.70. The highest BCUT2D eigenvalue weighted by molar-refractivity contribution is 8.00. The molecule has 0 fully saturated rings. The van der Waals surface area contributed by atoms with Gasteiger partial charge in [0.15, 0.2) is 0 Å². The number of hydrogen-bond acceptors (Lipinski definition) is 3. The highest BCUT2D eigenvalue weighted by atomic mass is 32.2. The van der Waals surface area contributed by atoms with Crippen molar-refractivity contribution in [2.45, 2.75) is 44.3 Å². The van der Waals surface area contributed by atoms with E-state index in [4.69, 9.17) is 4.74 Å². The van der Waals surface area contributed by atoms with Crippen LogP contribution in [0.2, 0.25) is 0 Å². The third kappa shape index (κ3) is 3.28. The molecule has 0 aromatic heterocycles. The summed E-state index contributed by atoms with van der Waals surface area (Å²) in [6.45, 7) is 8.54. The Labute approximate surface area is 115 Å². The van der Waals surface area contributed by atoms with Crippen molar-refractivity contribution in [2.24, 2.45) is 0 Å². The summed E-state index contributed by atoms with van der Waals surface area (Å²) < 4.78 is 5.82. The molecule has 0 saturated heterocycles. The van der Waals surface area contributed by atoms with E-state index in [-0.39, 0.29) is 16.8 Å². The van der Waals surface area contributed by atoms with E-state index >= 15 is 0 Å². The minimum absolute atomic E-state index is 0.158. The molecule has 3 heteroatoms. The van der Waals surface area contributed by atoms with E-state index in [1.165, 1.54) is 16.7 Å². The van der Waals surface area contributed by atoms with E-state index in [1.807, 2.05) is 6.92 Å². The summed E-state index contributed by atoms with van der Waals surface area (Å²) in [5.41, 5.74) is 3.72. The van der Waals surface area contributed by atoms with E-state index in [0.717, 1.165) is 6.42 Å². The van der Waals surface area contributed by atoms with Crippen LogP contribution in [0, 0.1) is 13.8 Å². The number of thioether (sulfide) groups is 1. The predicted molar refractivity (Wildman–Crippen MR) is 79.0 cm³/mol. The number of rotatable bonds is 6. The van der Waals surface area contributed by atoms with Gasteiger partial charge < -0.3 is 9.84 Å². The Bertz CT molecular complexity index is 386. The maximum atomic E-state index is 9.27. The average molecular weight is 268 g/mol. The molecule has 18 heavy (non-hydrogen) atoms. The van der Waals surface area contributed by atoms with E-state index in [1.54, 1.807) is 18.9 Å². The van der Waals surface area contributed by atoms with Gasteiger partial charge in [-0.3, -0.25) is 0 Å². The number of aliphatic hydroxyl groups excluding tert-OH is 1. The zero-order chi connectivity index (χ0) is 13.8. The van der Waals surface area contributed by atoms with E-state index in [0.29, 0.717) is 0 Å². The van der Waals surface area contributed by atoms with E-state index < -0.39 is 0 Å². The lowest BCUT2D eigenvalue weighted by molar-refractivity contribution is 0.0644. The standard InChI is InChI=1S/C15H24O2S/c1-6-15(17-5,18-13(4)10-16)14-8-7-11(2)9-12(14)3/h7-9,13,16H,6,10H2,1-5H3/t13?,15-/m1/s1. The quantitative estimate of drug-likeness (QED) is 0.799. The second kappa shape index (κ2) is 6.60. The topological polar surface area (TPSA) is 29.5 Å². The van der Waals surface area contributed by atoms with Gasteiger partial charge in [0.05, 0.1) is 6.61 Å². The van der Waals surface area contributed by atoms with Crippen LogP contribution in [0.5, 0.6) is 0 Å². The Morgan fingerprint density at radius 2 is 2.06 bits per heavy atom. The molecule has 0 heterocycles. The van der Waals surface area contributed by atoms with Crippen LogP contribution in [0.4, 0.5) is 0 Å². The molecular weight excluding hydrogens is 244 g/mol. The molecule has 102 valence electrons. The summed E-state index contributed by atoms with van der Waals surface area (Å²) >= 11 is 1.69. The fourth-order valence-corrected chi connectivity index (χ4v) is 3.59. The molecule has 2 nitrogen and oxygen atoms in total. The second-order valence-electron chi connectivity index (χ2n) is 4.74. The molecular formula is C15H24O2S. The second-order valence-corrected chi connectivity index (χ2v) is 6.44. The molecule has 0 bridgehead atoms. The Hall–Kier alpha value is -0.510. The van der Waals surface area contributed by atoms with Crippen LogP contribution in [0.3, 0.4) is 0 Å². The van der Waals surface area contributed by atoms with Gasteiger partial charge >= 0.3 is 0 Å². The Morgan fingerprint density at radius 3 is 2.50 bits per heavy atom. The van der Waals surface area contributed by atoms with Crippen molar-refractivity contribution in [3.8, 4) is 0 Å². The molecule has 1 unspecified atom stereocenters. The van der Waals surface area contributed by atoms with Gasteiger partial charge in [-0.05, 0) is 31.4 Å². The maximum absolute atomic E-state index is 9.27. The number of ether oxygens (including phenoxy) is 1. The lowest BCUT2D eigenvalue weighted by atomic mass is 9.99. The predicted octanol–water partition coefficient (Wildman–Crippen LogP) is 3.63. The van der Waals surface area contributed by atoms with Crippen molar-refractivity contribution in [3.05, 3.63) is 34.9 Å². The van der Waals surface area contributed by atoms with Gasteiger partial charge in [-0.2, -0.15) is 0 Å². The summed E-state index contributed by atoms with van der Waals surface area (Å²) in [6.07, 6.45) is 0.877. The number of benzene rings is 1. The van der Waals surface area contributed by atoms with Crippen molar-refractivity contribution >= 4 is 11.8 Å². The third-order valence-electron chi connectivity index (χ3n) is 3.24. The largest absolute Gasteiger partial charge is 0.395 e. The fraction of sp³-hybridized carbons (Fsp3) is 0.600. The van der Waals surface area contributed by atoms with Crippen LogP contribution >= 0.6 is 11.8 Å². The van der Waals surface area contributed by atoms with Gasteiger partial charge in [-0.15, -0.1) is 11.8 Å². The molecule has 1 aromatic carbocycles. The van der Waals surface area contributed by atoms with Gasteiger partial charge in [0.25, 0.3) is 0 Å². The van der Waals surface area contributed by atoms with Crippen molar-refractivity contribution in [1.29, 1.82) is 0 Å². The SMILES string of the molecule is CC[C@@](OC)(SC(C)CO)c1ccc(C)cc1C. The van der Waals surface area contributed by atoms with Crippen LogP contribution in [0.15, 0.2) is 18.2 Å². The minimum atomic E-state index is -0.361. The Balaban J connectivity index is 3.17. The van der Waals surface area contributed by atoms with E-state index in [2.05, 4.69) is 39.0 Å². The lowest BCUT2D eigenvalue weighted by Gasteiger charge is -2.34. The van der Waals surface area contributed by atoms with Gasteiger partial charge in [-0.1, -0.05) is 37.6 Å². The van der Waals surface area contributed by atoms with Crippen molar-refractivity contribution in [3.63, 3.8) is 0 Å². The van der Waals surface area contributed by atoms with Gasteiger partial charge in [0.1, 0.15) is 4.93 Å². The number of aliphatic hydroxyl groups is 1. The molecule has 1 aromatic rings.